The summed E-state index contributed by atoms with van der Waals surface area (Å²) in [7, 11) is 0. The van der Waals surface area contributed by atoms with Gasteiger partial charge in [-0.25, -0.2) is 0 Å². The molecule has 1 aliphatic carbocycles. The number of rotatable bonds is 2. The van der Waals surface area contributed by atoms with E-state index in [2.05, 4.69) is 5.32 Å². The van der Waals surface area contributed by atoms with Gasteiger partial charge in [-0.1, -0.05) is 12.8 Å². The molecule has 1 saturated carbocycles. The van der Waals surface area contributed by atoms with Gasteiger partial charge in [-0.15, -0.1) is 0 Å². The van der Waals surface area contributed by atoms with Crippen LogP contribution in [-0.2, 0) is 0 Å². The summed E-state index contributed by atoms with van der Waals surface area (Å²) in [5.41, 5.74) is 13.1. The predicted molar refractivity (Wildman–Crippen MR) is 84.1 cm³/mol. The van der Waals surface area contributed by atoms with Gasteiger partial charge in [0.15, 0.2) is 0 Å². The number of ether oxygens (including phenoxy) is 1. The van der Waals surface area contributed by atoms with Crippen molar-refractivity contribution in [3.63, 3.8) is 0 Å². The van der Waals surface area contributed by atoms with Gasteiger partial charge in [-0.05, 0) is 32.8 Å². The summed E-state index contributed by atoms with van der Waals surface area (Å²) in [5.74, 6) is 0.715. The SMILES string of the molecule is CC1(C)Oc2cc(N)c(N)cc2[C@H](NC2CCCC2)[C@H]1O. The van der Waals surface area contributed by atoms with Crippen LogP contribution in [0.2, 0.25) is 0 Å². The van der Waals surface area contributed by atoms with Crippen LogP contribution < -0.4 is 21.5 Å². The van der Waals surface area contributed by atoms with E-state index in [4.69, 9.17) is 16.2 Å². The number of aliphatic hydroxyl groups is 1. The highest BCUT2D eigenvalue weighted by Crippen LogP contribution is 2.43. The van der Waals surface area contributed by atoms with E-state index in [9.17, 15) is 5.11 Å². The van der Waals surface area contributed by atoms with Gasteiger partial charge in [0.2, 0.25) is 0 Å². The van der Waals surface area contributed by atoms with Crippen LogP contribution in [0.5, 0.6) is 5.75 Å². The van der Waals surface area contributed by atoms with Gasteiger partial charge in [0.05, 0.1) is 17.4 Å². The highest BCUT2D eigenvalue weighted by molar-refractivity contribution is 5.68. The average Bonchev–Trinajstić information content (AvgIpc) is 2.91. The smallest absolute Gasteiger partial charge is 0.131 e. The van der Waals surface area contributed by atoms with Crippen molar-refractivity contribution in [2.45, 2.75) is 63.3 Å². The minimum atomic E-state index is -0.661. The molecule has 2 atom stereocenters. The highest BCUT2D eigenvalue weighted by atomic mass is 16.5. The Labute approximate surface area is 125 Å². The fourth-order valence-corrected chi connectivity index (χ4v) is 3.40. The molecular weight excluding hydrogens is 266 g/mol. The molecule has 5 nitrogen and oxygen atoms in total. The van der Waals surface area contributed by atoms with E-state index in [-0.39, 0.29) is 6.04 Å². The lowest BCUT2D eigenvalue weighted by molar-refractivity contribution is -0.0663. The third-order valence-corrected chi connectivity index (χ3v) is 4.72. The number of hydrogen-bond acceptors (Lipinski definition) is 5. The molecule has 21 heavy (non-hydrogen) atoms. The lowest BCUT2D eigenvalue weighted by Crippen LogP contribution is -2.54. The van der Waals surface area contributed by atoms with Gasteiger partial charge >= 0.3 is 0 Å². The molecule has 2 aliphatic rings. The molecule has 1 aliphatic heterocycles. The molecule has 0 unspecified atom stereocenters. The van der Waals surface area contributed by atoms with Gasteiger partial charge in [0, 0.05) is 17.7 Å². The second kappa shape index (κ2) is 5.07. The number of hydrogen-bond donors (Lipinski definition) is 4. The summed E-state index contributed by atoms with van der Waals surface area (Å²) >= 11 is 0. The van der Waals surface area contributed by atoms with E-state index in [0.717, 1.165) is 18.4 Å². The minimum absolute atomic E-state index is 0.172. The Kier molecular flexibility index (Phi) is 3.50. The van der Waals surface area contributed by atoms with Gasteiger partial charge in [-0.3, -0.25) is 0 Å². The molecule has 116 valence electrons. The van der Waals surface area contributed by atoms with Crippen LogP contribution in [0.1, 0.15) is 51.1 Å². The summed E-state index contributed by atoms with van der Waals surface area (Å²) in [6, 6.07) is 3.87. The molecule has 1 fully saturated rings. The molecule has 0 spiro atoms. The molecule has 0 amide bonds. The zero-order chi connectivity index (χ0) is 15.2. The number of fused-ring (bicyclic) bond motifs is 1. The first-order valence-electron chi connectivity index (χ1n) is 7.70. The summed E-state index contributed by atoms with van der Waals surface area (Å²) < 4.78 is 5.94. The third kappa shape index (κ3) is 2.56. The lowest BCUT2D eigenvalue weighted by Gasteiger charge is -2.43. The summed E-state index contributed by atoms with van der Waals surface area (Å²) in [6.45, 7) is 3.80. The van der Waals surface area contributed by atoms with Crippen molar-refractivity contribution in [3.8, 4) is 5.75 Å². The number of aliphatic hydroxyl groups excluding tert-OH is 1. The third-order valence-electron chi connectivity index (χ3n) is 4.72. The van der Waals surface area contributed by atoms with Crippen molar-refractivity contribution in [2.75, 3.05) is 11.5 Å². The molecule has 0 saturated heterocycles. The first-order valence-corrected chi connectivity index (χ1v) is 7.70. The van der Waals surface area contributed by atoms with Crippen LogP contribution in [0.15, 0.2) is 12.1 Å². The van der Waals surface area contributed by atoms with E-state index < -0.39 is 11.7 Å². The number of nitrogen functional groups attached to an aromatic ring is 2. The Morgan fingerprint density at radius 2 is 1.81 bits per heavy atom. The Bertz CT molecular complexity index is 539. The van der Waals surface area contributed by atoms with E-state index in [1.54, 1.807) is 6.07 Å². The number of benzene rings is 1. The average molecular weight is 291 g/mol. The Balaban J connectivity index is 1.98. The lowest BCUT2D eigenvalue weighted by atomic mass is 9.85. The molecule has 6 N–H and O–H groups in total. The maximum atomic E-state index is 10.7. The highest BCUT2D eigenvalue weighted by Gasteiger charge is 2.43. The molecule has 0 radical (unpaired) electrons. The fourth-order valence-electron chi connectivity index (χ4n) is 3.40. The summed E-state index contributed by atoms with van der Waals surface area (Å²) in [4.78, 5) is 0. The number of nitrogens with two attached hydrogens (primary N) is 2. The van der Waals surface area contributed by atoms with Crippen LogP contribution in [-0.4, -0.2) is 22.9 Å². The second-order valence-corrected chi connectivity index (χ2v) is 6.80. The first-order chi connectivity index (χ1) is 9.88. The molecule has 0 bridgehead atoms. The van der Waals surface area contributed by atoms with Gasteiger partial charge in [0.25, 0.3) is 0 Å². The molecule has 1 aromatic carbocycles. The van der Waals surface area contributed by atoms with Crippen molar-refractivity contribution in [1.82, 2.24) is 5.32 Å². The predicted octanol–water partition coefficient (Wildman–Crippen LogP) is 1.96. The van der Waals surface area contributed by atoms with Crippen molar-refractivity contribution >= 4 is 11.4 Å². The van der Waals surface area contributed by atoms with Crippen LogP contribution in [0.4, 0.5) is 11.4 Å². The van der Waals surface area contributed by atoms with E-state index in [1.165, 1.54) is 12.8 Å². The Morgan fingerprint density at radius 1 is 1.19 bits per heavy atom. The molecule has 5 heteroatoms. The van der Waals surface area contributed by atoms with Gasteiger partial charge in [-0.2, -0.15) is 0 Å². The van der Waals surface area contributed by atoms with Crippen molar-refractivity contribution in [1.29, 1.82) is 0 Å². The van der Waals surface area contributed by atoms with Crippen LogP contribution in [0.3, 0.4) is 0 Å². The maximum Gasteiger partial charge on any atom is 0.131 e. The van der Waals surface area contributed by atoms with Crippen LogP contribution in [0, 0.1) is 0 Å². The van der Waals surface area contributed by atoms with E-state index in [1.807, 2.05) is 19.9 Å². The van der Waals surface area contributed by atoms with Crippen LogP contribution in [0.25, 0.3) is 0 Å². The zero-order valence-electron chi connectivity index (χ0n) is 12.7. The van der Waals surface area contributed by atoms with Gasteiger partial charge in [0.1, 0.15) is 17.5 Å². The number of nitrogens with one attached hydrogen (secondary N) is 1. The van der Waals surface area contributed by atoms with E-state index >= 15 is 0 Å². The van der Waals surface area contributed by atoms with Crippen molar-refractivity contribution in [3.05, 3.63) is 17.7 Å². The normalized spacial score (nSPS) is 28.1. The van der Waals surface area contributed by atoms with Crippen LogP contribution >= 0.6 is 0 Å². The van der Waals surface area contributed by atoms with Crippen molar-refractivity contribution < 1.29 is 9.84 Å². The topological polar surface area (TPSA) is 93.5 Å². The fraction of sp³-hybridized carbons (Fsp3) is 0.625. The molecular formula is C16H25N3O2. The molecule has 3 rings (SSSR count). The minimum Gasteiger partial charge on any atom is -0.485 e. The zero-order valence-corrected chi connectivity index (χ0v) is 12.7. The largest absolute Gasteiger partial charge is 0.485 e. The quantitative estimate of drug-likeness (QED) is 0.625. The monoisotopic (exact) mass is 291 g/mol. The Morgan fingerprint density at radius 3 is 2.48 bits per heavy atom. The first kappa shape index (κ1) is 14.5. The van der Waals surface area contributed by atoms with E-state index in [0.29, 0.717) is 23.2 Å². The molecule has 0 aromatic heterocycles. The standard InChI is InChI=1S/C16H25N3O2/c1-16(2)15(20)14(19-9-5-3-4-6-9)10-7-11(17)12(18)8-13(10)21-16/h7-9,14-15,19-20H,3-6,17-18H2,1-2H3/t14-,15+/m0/s1. The van der Waals surface area contributed by atoms with Crippen molar-refractivity contribution in [2.24, 2.45) is 0 Å². The maximum absolute atomic E-state index is 10.7. The number of anilines is 2. The summed E-state index contributed by atoms with van der Waals surface area (Å²) in [6.07, 6.45) is 4.18. The Hall–Kier alpha value is -1.46. The molecule has 1 heterocycles. The molecule has 1 aromatic rings. The second-order valence-electron chi connectivity index (χ2n) is 6.80. The van der Waals surface area contributed by atoms with Gasteiger partial charge < -0.3 is 26.6 Å². The summed E-state index contributed by atoms with van der Waals surface area (Å²) in [5, 5.41) is 14.3.